The number of nitrogens with zero attached hydrogens (tertiary/aromatic N) is 2. The predicted octanol–water partition coefficient (Wildman–Crippen LogP) is 0.229. The minimum Gasteiger partial charge on any atom is -0.371 e. The highest BCUT2D eigenvalue weighted by Gasteiger charge is 2.22. The Kier molecular flexibility index (Phi) is 3.89. The fourth-order valence-corrected chi connectivity index (χ4v) is 1.75. The van der Waals surface area contributed by atoms with E-state index in [-0.39, 0.29) is 0 Å². The van der Waals surface area contributed by atoms with Crippen LogP contribution in [0.2, 0.25) is 0 Å². The Morgan fingerprint density at radius 2 is 2.29 bits per heavy atom. The van der Waals surface area contributed by atoms with Gasteiger partial charge in [0, 0.05) is 25.7 Å². The van der Waals surface area contributed by atoms with Crippen LogP contribution in [0.3, 0.4) is 0 Å². The van der Waals surface area contributed by atoms with Crippen molar-refractivity contribution in [3.63, 3.8) is 0 Å². The molecule has 1 saturated carbocycles. The Hall–Kier alpha value is -1.23. The molecule has 0 saturated heterocycles. The summed E-state index contributed by atoms with van der Waals surface area (Å²) in [5.41, 5.74) is 0. The van der Waals surface area contributed by atoms with Crippen LogP contribution in [0.25, 0.3) is 0 Å². The molecular formula is C12H23N5. The maximum absolute atomic E-state index is 7.97. The van der Waals surface area contributed by atoms with Gasteiger partial charge >= 0.3 is 0 Å². The Morgan fingerprint density at radius 3 is 2.88 bits per heavy atom. The summed E-state index contributed by atoms with van der Waals surface area (Å²) < 4.78 is 0. The zero-order chi connectivity index (χ0) is 12.3. The molecule has 0 atom stereocenters. The molecule has 0 unspecified atom stereocenters. The lowest BCUT2D eigenvalue weighted by Gasteiger charge is -2.31. The smallest absolute Gasteiger partial charge is 0.125 e. The van der Waals surface area contributed by atoms with E-state index < -0.39 is 0 Å². The van der Waals surface area contributed by atoms with E-state index in [0.29, 0.717) is 5.84 Å². The van der Waals surface area contributed by atoms with Crippen molar-refractivity contribution in [2.24, 2.45) is 5.92 Å². The summed E-state index contributed by atoms with van der Waals surface area (Å²) >= 11 is 0. The van der Waals surface area contributed by atoms with Crippen LogP contribution in [0.1, 0.15) is 12.8 Å². The molecule has 1 heterocycles. The Bertz CT molecular complexity index is 306. The van der Waals surface area contributed by atoms with Crippen LogP contribution in [0.4, 0.5) is 0 Å². The summed E-state index contributed by atoms with van der Waals surface area (Å²) in [5.74, 6) is 2.46. The van der Waals surface area contributed by atoms with Crippen LogP contribution in [0.5, 0.6) is 0 Å². The first kappa shape index (κ1) is 12.2. The first-order valence-corrected chi connectivity index (χ1v) is 6.33. The molecular weight excluding hydrogens is 214 g/mol. The number of rotatable bonds is 6. The van der Waals surface area contributed by atoms with Crippen LogP contribution in [-0.4, -0.2) is 56.0 Å². The third kappa shape index (κ3) is 3.93. The van der Waals surface area contributed by atoms with Gasteiger partial charge in [-0.25, -0.2) is 0 Å². The molecule has 1 fully saturated rings. The fourth-order valence-electron chi connectivity index (χ4n) is 1.75. The number of likely N-dealkylation sites (N-methyl/N-ethyl adjacent to an activating group) is 1. The Morgan fingerprint density at radius 1 is 1.53 bits per heavy atom. The SMILES string of the molecule is CN(C)CCN1CNC(NCC2CC2)=CC1=N. The van der Waals surface area contributed by atoms with Crippen molar-refractivity contribution in [1.29, 1.82) is 5.41 Å². The number of hydrogen-bond acceptors (Lipinski definition) is 4. The number of nitrogens with one attached hydrogen (secondary N) is 3. The zero-order valence-electron chi connectivity index (χ0n) is 10.8. The fraction of sp³-hybridized carbons (Fsp3) is 0.750. The third-order valence-electron chi connectivity index (χ3n) is 3.18. The highest BCUT2D eigenvalue weighted by Crippen LogP contribution is 2.27. The van der Waals surface area contributed by atoms with Gasteiger partial charge < -0.3 is 20.4 Å². The summed E-state index contributed by atoms with van der Waals surface area (Å²) in [6.45, 7) is 3.65. The average Bonchev–Trinajstić information content (AvgIpc) is 3.08. The minimum atomic E-state index is 0.601. The van der Waals surface area contributed by atoms with Crippen LogP contribution < -0.4 is 10.6 Å². The molecule has 2 rings (SSSR count). The molecule has 1 aliphatic carbocycles. The lowest BCUT2D eigenvalue weighted by molar-refractivity contribution is 0.313. The molecule has 2 aliphatic rings. The third-order valence-corrected chi connectivity index (χ3v) is 3.18. The molecule has 0 aromatic heterocycles. The molecule has 0 bridgehead atoms. The van der Waals surface area contributed by atoms with Crippen LogP contribution in [-0.2, 0) is 0 Å². The molecule has 0 radical (unpaired) electrons. The summed E-state index contributed by atoms with van der Waals surface area (Å²) in [5, 5.41) is 14.7. The molecule has 0 aromatic rings. The van der Waals surface area contributed by atoms with Gasteiger partial charge in [-0.05, 0) is 32.9 Å². The number of hydrogen-bond donors (Lipinski definition) is 3. The van der Waals surface area contributed by atoms with Crippen LogP contribution in [0.15, 0.2) is 11.9 Å². The van der Waals surface area contributed by atoms with Gasteiger partial charge in [-0.3, -0.25) is 5.41 Å². The topological polar surface area (TPSA) is 54.4 Å². The van der Waals surface area contributed by atoms with Crippen LogP contribution >= 0.6 is 0 Å². The van der Waals surface area contributed by atoms with E-state index >= 15 is 0 Å². The maximum Gasteiger partial charge on any atom is 0.125 e. The molecule has 0 spiro atoms. The van der Waals surface area contributed by atoms with Crippen molar-refractivity contribution in [3.8, 4) is 0 Å². The van der Waals surface area contributed by atoms with Crippen molar-refractivity contribution in [2.45, 2.75) is 12.8 Å². The molecule has 5 nitrogen and oxygen atoms in total. The van der Waals surface area contributed by atoms with Gasteiger partial charge in [-0.2, -0.15) is 0 Å². The number of amidine groups is 1. The van der Waals surface area contributed by atoms with Crippen LogP contribution in [0, 0.1) is 11.3 Å². The molecule has 0 amide bonds. The molecule has 17 heavy (non-hydrogen) atoms. The van der Waals surface area contributed by atoms with Crippen molar-refractivity contribution in [2.75, 3.05) is 40.4 Å². The van der Waals surface area contributed by atoms with E-state index in [9.17, 15) is 0 Å². The normalized spacial score (nSPS) is 20.3. The summed E-state index contributed by atoms with van der Waals surface area (Å²) in [6.07, 6.45) is 4.60. The van der Waals surface area contributed by atoms with Gasteiger partial charge in [0.1, 0.15) is 11.7 Å². The van der Waals surface area contributed by atoms with Gasteiger partial charge in [0.25, 0.3) is 0 Å². The summed E-state index contributed by atoms with van der Waals surface area (Å²) in [4.78, 5) is 4.18. The van der Waals surface area contributed by atoms with E-state index in [0.717, 1.165) is 38.0 Å². The second-order valence-electron chi connectivity index (χ2n) is 5.17. The monoisotopic (exact) mass is 237 g/mol. The Labute approximate surface area is 103 Å². The Balaban J connectivity index is 1.76. The summed E-state index contributed by atoms with van der Waals surface area (Å²) in [6, 6.07) is 0. The first-order valence-electron chi connectivity index (χ1n) is 6.33. The van der Waals surface area contributed by atoms with E-state index in [2.05, 4.69) is 29.6 Å². The quantitative estimate of drug-likeness (QED) is 0.619. The van der Waals surface area contributed by atoms with Crippen molar-refractivity contribution < 1.29 is 0 Å². The van der Waals surface area contributed by atoms with Gasteiger partial charge in [0.15, 0.2) is 0 Å². The second kappa shape index (κ2) is 5.40. The van der Waals surface area contributed by atoms with E-state index in [4.69, 9.17) is 5.41 Å². The first-order chi connectivity index (χ1) is 8.15. The largest absolute Gasteiger partial charge is 0.371 e. The van der Waals surface area contributed by atoms with Gasteiger partial charge in [0.05, 0.1) is 6.67 Å². The highest BCUT2D eigenvalue weighted by molar-refractivity contribution is 5.91. The van der Waals surface area contributed by atoms with Crippen molar-refractivity contribution >= 4 is 5.84 Å². The van der Waals surface area contributed by atoms with Crippen molar-refractivity contribution in [3.05, 3.63) is 11.9 Å². The standard InChI is InChI=1S/C12H23N5/c1-16(2)5-6-17-9-15-12(7-11(17)13)14-8-10-3-4-10/h7,10,13-15H,3-6,8-9H2,1-2H3. The molecule has 5 heteroatoms. The molecule has 3 N–H and O–H groups in total. The van der Waals surface area contributed by atoms with Gasteiger partial charge in [0.2, 0.25) is 0 Å². The zero-order valence-corrected chi connectivity index (χ0v) is 10.8. The van der Waals surface area contributed by atoms with Gasteiger partial charge in [-0.1, -0.05) is 0 Å². The second-order valence-corrected chi connectivity index (χ2v) is 5.17. The molecule has 96 valence electrons. The molecule has 1 aliphatic heterocycles. The highest BCUT2D eigenvalue weighted by atomic mass is 15.3. The van der Waals surface area contributed by atoms with E-state index in [1.807, 2.05) is 11.0 Å². The van der Waals surface area contributed by atoms with E-state index in [1.54, 1.807) is 0 Å². The summed E-state index contributed by atoms with van der Waals surface area (Å²) in [7, 11) is 4.11. The predicted molar refractivity (Wildman–Crippen MR) is 69.8 cm³/mol. The lowest BCUT2D eigenvalue weighted by Crippen LogP contribution is -2.47. The lowest BCUT2D eigenvalue weighted by atomic mass is 10.3. The van der Waals surface area contributed by atoms with Gasteiger partial charge in [-0.15, -0.1) is 0 Å². The van der Waals surface area contributed by atoms with E-state index in [1.165, 1.54) is 12.8 Å². The molecule has 0 aromatic carbocycles. The minimum absolute atomic E-state index is 0.601. The maximum atomic E-state index is 7.97. The van der Waals surface area contributed by atoms with Crippen molar-refractivity contribution in [1.82, 2.24) is 20.4 Å². The average molecular weight is 237 g/mol.